The molecule has 1 fully saturated rings. The Kier molecular flexibility index (Phi) is 5.82. The van der Waals surface area contributed by atoms with Crippen LogP contribution in [0.25, 0.3) is 0 Å². The Balaban J connectivity index is 1.47. The summed E-state index contributed by atoms with van der Waals surface area (Å²) in [4.78, 5) is 30.7. The van der Waals surface area contributed by atoms with Crippen molar-refractivity contribution in [3.8, 4) is 0 Å². The fourth-order valence-electron chi connectivity index (χ4n) is 3.31. The molecule has 1 saturated heterocycles. The molecule has 0 bridgehead atoms. The molecule has 0 spiro atoms. The van der Waals surface area contributed by atoms with Gasteiger partial charge in [0.1, 0.15) is 5.69 Å². The van der Waals surface area contributed by atoms with Crippen LogP contribution >= 0.6 is 11.3 Å². The number of carboxylic acids is 1. The van der Waals surface area contributed by atoms with Crippen LogP contribution in [0.2, 0.25) is 0 Å². The van der Waals surface area contributed by atoms with Gasteiger partial charge in [-0.1, -0.05) is 0 Å². The van der Waals surface area contributed by atoms with E-state index in [0.29, 0.717) is 31.1 Å². The highest BCUT2D eigenvalue weighted by Crippen LogP contribution is 2.23. The van der Waals surface area contributed by atoms with E-state index < -0.39 is 5.97 Å². The molecule has 1 aliphatic heterocycles. The minimum absolute atomic E-state index is 0.173. The molecule has 0 unspecified atom stereocenters. The first-order valence-corrected chi connectivity index (χ1v) is 10.5. The first-order valence-electron chi connectivity index (χ1n) is 9.58. The Morgan fingerprint density at radius 2 is 1.97 bits per heavy atom. The minimum atomic E-state index is -1.00. The second kappa shape index (κ2) is 8.68. The summed E-state index contributed by atoms with van der Waals surface area (Å²) in [6.07, 6.45) is 1.93. The molecule has 30 heavy (non-hydrogen) atoms. The average molecular weight is 426 g/mol. The zero-order chi connectivity index (χ0) is 21.1. The lowest BCUT2D eigenvalue weighted by atomic mass is 10.2. The molecule has 1 aromatic carbocycles. The van der Waals surface area contributed by atoms with Crippen LogP contribution in [0.4, 0.5) is 10.8 Å². The summed E-state index contributed by atoms with van der Waals surface area (Å²) in [6.45, 7) is 5.53. The molecule has 0 saturated carbocycles. The van der Waals surface area contributed by atoms with Gasteiger partial charge in [-0.2, -0.15) is 0 Å². The Bertz CT molecular complexity index is 1050. The normalized spacial score (nSPS) is 14.0. The van der Waals surface area contributed by atoms with E-state index >= 15 is 0 Å². The summed E-state index contributed by atoms with van der Waals surface area (Å²) in [5.74, 6) is -1.26. The van der Waals surface area contributed by atoms with Gasteiger partial charge in [0.2, 0.25) is 0 Å². The van der Waals surface area contributed by atoms with Crippen molar-refractivity contribution in [2.45, 2.75) is 13.5 Å². The predicted octanol–water partition coefficient (Wildman–Crippen LogP) is 3.09. The van der Waals surface area contributed by atoms with Crippen molar-refractivity contribution in [3.63, 3.8) is 0 Å². The van der Waals surface area contributed by atoms with Gasteiger partial charge in [0.15, 0.2) is 5.13 Å². The van der Waals surface area contributed by atoms with Crippen molar-refractivity contribution in [1.29, 1.82) is 0 Å². The summed E-state index contributed by atoms with van der Waals surface area (Å²) in [5.41, 5.74) is 3.11. The summed E-state index contributed by atoms with van der Waals surface area (Å²) in [6, 6.07) is 7.92. The van der Waals surface area contributed by atoms with Gasteiger partial charge in [0, 0.05) is 30.4 Å². The fourth-order valence-corrected chi connectivity index (χ4v) is 4.18. The van der Waals surface area contributed by atoms with E-state index in [2.05, 4.69) is 10.2 Å². The predicted molar refractivity (Wildman–Crippen MR) is 115 cm³/mol. The molecule has 0 aliphatic carbocycles. The van der Waals surface area contributed by atoms with Gasteiger partial charge in [0.05, 0.1) is 31.0 Å². The molecule has 0 radical (unpaired) electrons. The third-order valence-corrected chi connectivity index (χ3v) is 5.76. The van der Waals surface area contributed by atoms with Crippen molar-refractivity contribution >= 4 is 34.0 Å². The van der Waals surface area contributed by atoms with Crippen LogP contribution in [-0.4, -0.2) is 52.8 Å². The average Bonchev–Trinajstić information content (AvgIpc) is 3.36. The summed E-state index contributed by atoms with van der Waals surface area (Å²) < 4.78 is 7.28. The number of carbonyl (C=O) groups excluding carboxylic acids is 1. The highest BCUT2D eigenvalue weighted by atomic mass is 32.1. The molecule has 8 nitrogen and oxygen atoms in total. The van der Waals surface area contributed by atoms with Crippen molar-refractivity contribution in [3.05, 3.63) is 64.4 Å². The first-order chi connectivity index (χ1) is 14.5. The zero-order valence-electron chi connectivity index (χ0n) is 16.5. The van der Waals surface area contributed by atoms with E-state index in [1.807, 2.05) is 29.1 Å². The Hall–Kier alpha value is -3.17. The number of aryl methyl sites for hydroxylation is 1. The van der Waals surface area contributed by atoms with E-state index in [1.165, 1.54) is 12.1 Å². The van der Waals surface area contributed by atoms with E-state index in [9.17, 15) is 9.59 Å². The van der Waals surface area contributed by atoms with E-state index in [1.54, 1.807) is 23.5 Å². The number of hydrogen-bond acceptors (Lipinski definition) is 6. The van der Waals surface area contributed by atoms with Gasteiger partial charge in [-0.25, -0.2) is 9.78 Å². The topological polar surface area (TPSA) is 96.7 Å². The van der Waals surface area contributed by atoms with Crippen LogP contribution in [0.3, 0.4) is 0 Å². The van der Waals surface area contributed by atoms with Crippen LogP contribution in [0.5, 0.6) is 0 Å². The van der Waals surface area contributed by atoms with Gasteiger partial charge in [-0.3, -0.25) is 4.79 Å². The molecule has 9 heteroatoms. The number of nitrogens with zero attached hydrogens (tertiary/aromatic N) is 3. The number of aromatic carboxylic acids is 1. The number of benzene rings is 1. The van der Waals surface area contributed by atoms with Gasteiger partial charge in [-0.15, -0.1) is 11.3 Å². The van der Waals surface area contributed by atoms with E-state index in [4.69, 9.17) is 14.8 Å². The van der Waals surface area contributed by atoms with Gasteiger partial charge in [0.25, 0.3) is 5.91 Å². The molecule has 4 rings (SSSR count). The van der Waals surface area contributed by atoms with Crippen molar-refractivity contribution < 1.29 is 19.4 Å². The molecule has 156 valence electrons. The van der Waals surface area contributed by atoms with Crippen LogP contribution in [0, 0.1) is 6.92 Å². The number of anilines is 2. The molecular weight excluding hydrogens is 404 g/mol. The molecule has 1 aliphatic rings. The number of morpholine rings is 1. The number of ether oxygens (including phenoxy) is 1. The van der Waals surface area contributed by atoms with E-state index in [-0.39, 0.29) is 11.5 Å². The number of carbonyl (C=O) groups is 2. The Morgan fingerprint density at radius 1 is 1.23 bits per heavy atom. The van der Waals surface area contributed by atoms with Gasteiger partial charge < -0.3 is 24.6 Å². The highest BCUT2D eigenvalue weighted by molar-refractivity contribution is 7.13. The smallest absolute Gasteiger partial charge is 0.335 e. The second-order valence-electron chi connectivity index (χ2n) is 7.09. The van der Waals surface area contributed by atoms with Crippen LogP contribution in [0.15, 0.2) is 41.9 Å². The lowest BCUT2D eigenvalue weighted by molar-refractivity contribution is 0.0696. The molecular formula is C21H22N4O4S. The molecule has 2 aromatic heterocycles. The molecule has 1 amide bonds. The monoisotopic (exact) mass is 426 g/mol. The van der Waals surface area contributed by atoms with Crippen LogP contribution in [0.1, 0.15) is 32.1 Å². The Morgan fingerprint density at radius 3 is 2.67 bits per heavy atom. The Labute approximate surface area is 177 Å². The lowest BCUT2D eigenvalue weighted by Gasteiger charge is -2.26. The summed E-state index contributed by atoms with van der Waals surface area (Å²) in [7, 11) is 0. The minimum Gasteiger partial charge on any atom is -0.478 e. The maximum Gasteiger partial charge on any atom is 0.335 e. The van der Waals surface area contributed by atoms with Gasteiger partial charge in [-0.05, 0) is 42.8 Å². The van der Waals surface area contributed by atoms with Gasteiger partial charge >= 0.3 is 5.97 Å². The number of rotatable bonds is 6. The molecule has 0 atom stereocenters. The summed E-state index contributed by atoms with van der Waals surface area (Å²) in [5, 5.41) is 14.8. The number of thiazole rings is 1. The van der Waals surface area contributed by atoms with Crippen molar-refractivity contribution in [1.82, 2.24) is 9.55 Å². The highest BCUT2D eigenvalue weighted by Gasteiger charge is 2.17. The number of carboxylic acid groups (broad SMARTS) is 1. The third-order valence-electron chi connectivity index (χ3n) is 4.81. The number of hydrogen-bond donors (Lipinski definition) is 2. The molecule has 2 N–H and O–H groups in total. The SMILES string of the molecule is Cc1cc(C(=O)Nc2ccc(C(=O)O)cc2)n(Cc2csc(N3CCOCC3)n2)c1. The zero-order valence-corrected chi connectivity index (χ0v) is 17.3. The van der Waals surface area contributed by atoms with Crippen LogP contribution < -0.4 is 10.2 Å². The molecule has 3 aromatic rings. The summed E-state index contributed by atoms with van der Waals surface area (Å²) >= 11 is 1.60. The first kappa shape index (κ1) is 20.1. The standard InChI is InChI=1S/C21H22N4O4S/c1-14-10-18(19(26)22-16-4-2-15(3-5-16)20(27)28)25(11-14)12-17-13-30-21(23-17)24-6-8-29-9-7-24/h2-5,10-11,13H,6-9,12H2,1H3,(H,22,26)(H,27,28). The number of aromatic nitrogens is 2. The lowest BCUT2D eigenvalue weighted by Crippen LogP contribution is -2.36. The largest absolute Gasteiger partial charge is 0.478 e. The number of amides is 1. The number of nitrogens with one attached hydrogen (secondary N) is 1. The van der Waals surface area contributed by atoms with E-state index in [0.717, 1.165) is 29.5 Å². The fraction of sp³-hybridized carbons (Fsp3) is 0.286. The molecule has 3 heterocycles. The van der Waals surface area contributed by atoms with Crippen molar-refractivity contribution in [2.24, 2.45) is 0 Å². The maximum atomic E-state index is 12.8. The van der Waals surface area contributed by atoms with Crippen LogP contribution in [-0.2, 0) is 11.3 Å². The third kappa shape index (κ3) is 4.52. The quantitative estimate of drug-likeness (QED) is 0.629. The maximum absolute atomic E-state index is 12.8. The second-order valence-corrected chi connectivity index (χ2v) is 7.92. The van der Waals surface area contributed by atoms with Crippen molar-refractivity contribution in [2.75, 3.05) is 36.5 Å².